The number of H-pyrrole nitrogens is 1. The summed E-state index contributed by atoms with van der Waals surface area (Å²) in [4.78, 5) is 56.3. The zero-order valence-electron chi connectivity index (χ0n) is 18.4. The molecule has 2 N–H and O–H groups in total. The largest absolute Gasteiger partial charge is 0.480 e. The Bertz CT molecular complexity index is 1270. The number of carbonyl (C=O) groups excluding carboxylic acids is 2. The molecule has 0 radical (unpaired) electrons. The lowest BCUT2D eigenvalue weighted by molar-refractivity contribution is -0.157. The second-order valence-electron chi connectivity index (χ2n) is 10.1. The first-order valence-electron chi connectivity index (χ1n) is 11.4. The molecule has 3 fully saturated rings. The molecule has 8 atom stereocenters. The molecule has 1 aromatic carbocycles. The third kappa shape index (κ3) is 2.96. The van der Waals surface area contributed by atoms with Gasteiger partial charge in [0.15, 0.2) is 0 Å². The van der Waals surface area contributed by atoms with Crippen LogP contribution in [0.15, 0.2) is 34.1 Å². The summed E-state index contributed by atoms with van der Waals surface area (Å²) in [6, 6.07) is 6.48. The van der Waals surface area contributed by atoms with Crippen molar-refractivity contribution in [2.75, 3.05) is 0 Å². The predicted octanol–water partition coefficient (Wildman–Crippen LogP) is 3.67. The van der Waals surface area contributed by atoms with Crippen LogP contribution in [0.1, 0.15) is 36.6 Å². The van der Waals surface area contributed by atoms with Gasteiger partial charge in [-0.25, -0.2) is 4.79 Å². The van der Waals surface area contributed by atoms with Gasteiger partial charge < -0.3 is 10.1 Å². The number of carbonyl (C=O) groups is 3. The lowest BCUT2D eigenvalue weighted by Crippen LogP contribution is -2.49. The zero-order chi connectivity index (χ0) is 24.0. The standard InChI is InChI=1S/C24H23ClN2O5S2/c1-8(2)17(23(30)31)27-21(28)15-11-7-12(16(15)22(27)29)18-14(11)13(9-3-5-10(25)6-4-9)19-20(33-18)26-24(32)34-19/h3-6,8,11-18H,7H2,1-2H3,(H,26,32)(H,30,31)/t11-,12+,13+,14+,15-,16+,17+,18-/m1/s1. The number of hydrogen-bond acceptors (Lipinski definition) is 6. The van der Waals surface area contributed by atoms with Crippen molar-refractivity contribution in [2.24, 2.45) is 35.5 Å². The number of fused-ring (bicyclic) bond motifs is 9. The number of aromatic amines is 1. The molecule has 3 heterocycles. The molecule has 1 saturated heterocycles. The zero-order valence-corrected chi connectivity index (χ0v) is 20.8. The number of hydrogen-bond donors (Lipinski definition) is 2. The lowest BCUT2D eigenvalue weighted by atomic mass is 9.68. The van der Waals surface area contributed by atoms with E-state index in [4.69, 9.17) is 11.6 Å². The molecule has 0 spiro atoms. The fraction of sp³-hybridized carbons (Fsp3) is 0.500. The summed E-state index contributed by atoms with van der Waals surface area (Å²) in [5, 5.41) is 11.3. The third-order valence-corrected chi connectivity index (χ3v) is 11.0. The van der Waals surface area contributed by atoms with Crippen LogP contribution in [0.4, 0.5) is 0 Å². The monoisotopic (exact) mass is 518 g/mol. The molecule has 10 heteroatoms. The van der Waals surface area contributed by atoms with Crippen LogP contribution in [-0.2, 0) is 14.4 Å². The summed E-state index contributed by atoms with van der Waals surface area (Å²) in [5.74, 6) is -3.24. The average Bonchev–Trinajstić information content (AvgIpc) is 3.49. The Kier molecular flexibility index (Phi) is 5.07. The number of benzene rings is 1. The number of aliphatic carboxylic acids is 1. The molecule has 34 heavy (non-hydrogen) atoms. The van der Waals surface area contributed by atoms with Gasteiger partial charge in [0.05, 0.1) is 16.9 Å². The number of aromatic nitrogens is 1. The van der Waals surface area contributed by atoms with Crippen molar-refractivity contribution in [3.05, 3.63) is 49.4 Å². The van der Waals surface area contributed by atoms with E-state index in [9.17, 15) is 24.3 Å². The summed E-state index contributed by atoms with van der Waals surface area (Å²) in [6.07, 6.45) is 0.770. The first-order chi connectivity index (χ1) is 16.2. The second kappa shape index (κ2) is 7.70. The van der Waals surface area contributed by atoms with E-state index in [1.165, 1.54) is 11.3 Å². The van der Waals surface area contributed by atoms with Gasteiger partial charge in [-0.2, -0.15) is 0 Å². The van der Waals surface area contributed by atoms with Gasteiger partial charge in [0.25, 0.3) is 0 Å². The van der Waals surface area contributed by atoms with Crippen molar-refractivity contribution in [1.82, 2.24) is 9.88 Å². The highest BCUT2D eigenvalue weighted by atomic mass is 35.5. The van der Waals surface area contributed by atoms with Crippen LogP contribution in [0.5, 0.6) is 0 Å². The number of imide groups is 1. The Hall–Kier alpha value is -2.10. The van der Waals surface area contributed by atoms with Crippen LogP contribution < -0.4 is 4.87 Å². The van der Waals surface area contributed by atoms with Gasteiger partial charge in [0.2, 0.25) is 11.8 Å². The summed E-state index contributed by atoms with van der Waals surface area (Å²) in [5.41, 5.74) is 1.04. The maximum atomic E-state index is 13.6. The number of thiazole rings is 1. The van der Waals surface area contributed by atoms with Crippen molar-refractivity contribution in [3.8, 4) is 0 Å². The van der Waals surface area contributed by atoms with E-state index in [0.29, 0.717) is 5.02 Å². The van der Waals surface area contributed by atoms with Crippen LogP contribution in [0.25, 0.3) is 0 Å². The SMILES string of the molecule is CC(C)[C@@H](C(=O)O)N1C(=O)[C@@H]2[C@@H]3C[C@H]([C@H]4Sc5[nH]c(=O)sc5[C@@H](c5ccc(Cl)cc5)[C@H]34)[C@@H]2C1=O. The molecule has 2 amide bonds. The quantitative estimate of drug-likeness (QED) is 0.598. The van der Waals surface area contributed by atoms with E-state index in [-0.39, 0.29) is 51.5 Å². The Labute approximate surface area is 208 Å². The molecule has 4 aliphatic rings. The van der Waals surface area contributed by atoms with Gasteiger partial charge in [-0.1, -0.05) is 48.9 Å². The molecule has 2 aliphatic heterocycles. The summed E-state index contributed by atoms with van der Waals surface area (Å²) < 4.78 is 0. The van der Waals surface area contributed by atoms with E-state index >= 15 is 0 Å². The fourth-order valence-corrected chi connectivity index (χ4v) is 10.1. The Morgan fingerprint density at radius 1 is 1.12 bits per heavy atom. The Morgan fingerprint density at radius 3 is 2.38 bits per heavy atom. The van der Waals surface area contributed by atoms with Crippen molar-refractivity contribution in [2.45, 2.75) is 42.5 Å². The summed E-state index contributed by atoms with van der Waals surface area (Å²) in [7, 11) is 0. The van der Waals surface area contributed by atoms with Crippen molar-refractivity contribution in [1.29, 1.82) is 0 Å². The van der Waals surface area contributed by atoms with Gasteiger partial charge >= 0.3 is 10.8 Å². The molecule has 6 rings (SSSR count). The predicted molar refractivity (Wildman–Crippen MR) is 128 cm³/mol. The molecule has 0 unspecified atom stereocenters. The molecule has 1 aromatic heterocycles. The average molecular weight is 519 g/mol. The lowest BCUT2D eigenvalue weighted by Gasteiger charge is -2.43. The third-order valence-electron chi connectivity index (χ3n) is 8.15. The van der Waals surface area contributed by atoms with Crippen molar-refractivity contribution < 1.29 is 19.5 Å². The highest BCUT2D eigenvalue weighted by Gasteiger charge is 2.70. The summed E-state index contributed by atoms with van der Waals surface area (Å²) in [6.45, 7) is 3.45. The smallest absolute Gasteiger partial charge is 0.327 e. The number of likely N-dealkylation sites (tertiary alicyclic amines) is 1. The van der Waals surface area contributed by atoms with Gasteiger partial charge in [0, 0.05) is 21.1 Å². The van der Waals surface area contributed by atoms with Crippen LogP contribution in [0, 0.1) is 35.5 Å². The molecule has 7 nitrogen and oxygen atoms in total. The highest BCUT2D eigenvalue weighted by molar-refractivity contribution is 8.00. The van der Waals surface area contributed by atoms with Gasteiger partial charge in [-0.15, -0.1) is 11.8 Å². The second-order valence-corrected chi connectivity index (χ2v) is 12.7. The maximum Gasteiger partial charge on any atom is 0.327 e. The number of carboxylic acid groups (broad SMARTS) is 1. The summed E-state index contributed by atoms with van der Waals surface area (Å²) >= 11 is 8.97. The molecule has 2 saturated carbocycles. The van der Waals surface area contributed by atoms with E-state index in [1.54, 1.807) is 25.6 Å². The Balaban J connectivity index is 1.44. The van der Waals surface area contributed by atoms with Gasteiger partial charge in [-0.05, 0) is 47.8 Å². The first kappa shape index (κ1) is 22.4. The van der Waals surface area contributed by atoms with E-state index < -0.39 is 23.8 Å². The topological polar surface area (TPSA) is 108 Å². The normalized spacial score (nSPS) is 34.4. The minimum Gasteiger partial charge on any atom is -0.480 e. The molecule has 2 aromatic rings. The van der Waals surface area contributed by atoms with Crippen molar-refractivity contribution in [3.63, 3.8) is 0 Å². The van der Waals surface area contributed by atoms with Gasteiger partial charge in [0.1, 0.15) is 6.04 Å². The number of carboxylic acids is 1. The maximum absolute atomic E-state index is 13.6. The minimum absolute atomic E-state index is 0.0283. The minimum atomic E-state index is -1.15. The number of halogens is 1. The highest BCUT2D eigenvalue weighted by Crippen LogP contribution is 2.68. The van der Waals surface area contributed by atoms with E-state index in [1.807, 2.05) is 24.3 Å². The molecule has 2 aliphatic carbocycles. The van der Waals surface area contributed by atoms with Gasteiger partial charge in [-0.3, -0.25) is 19.3 Å². The number of thioether (sulfide) groups is 1. The van der Waals surface area contributed by atoms with Crippen LogP contribution >= 0.6 is 34.7 Å². The van der Waals surface area contributed by atoms with Crippen LogP contribution in [-0.4, -0.2) is 44.1 Å². The molecular formula is C24H23ClN2O5S2. The van der Waals surface area contributed by atoms with Crippen LogP contribution in [0.3, 0.4) is 0 Å². The number of rotatable bonds is 4. The van der Waals surface area contributed by atoms with E-state index in [2.05, 4.69) is 4.98 Å². The number of amides is 2. The first-order valence-corrected chi connectivity index (χ1v) is 13.5. The number of nitrogens with zero attached hydrogens (tertiary/aromatic N) is 1. The molecule has 178 valence electrons. The van der Waals surface area contributed by atoms with E-state index in [0.717, 1.165) is 26.8 Å². The van der Waals surface area contributed by atoms with Crippen molar-refractivity contribution >= 4 is 52.5 Å². The molecule has 2 bridgehead atoms. The fourth-order valence-electron chi connectivity index (χ4n) is 7.05. The Morgan fingerprint density at radius 2 is 1.76 bits per heavy atom. The number of nitrogens with one attached hydrogen (secondary N) is 1. The molecular weight excluding hydrogens is 496 g/mol. The van der Waals surface area contributed by atoms with Crippen LogP contribution in [0.2, 0.25) is 5.02 Å².